The van der Waals surface area contributed by atoms with Crippen LogP contribution in [0.15, 0.2) is 30.3 Å². The predicted octanol–water partition coefficient (Wildman–Crippen LogP) is 3.92. The van der Waals surface area contributed by atoms with Crippen molar-refractivity contribution in [2.75, 3.05) is 7.11 Å². The van der Waals surface area contributed by atoms with Crippen LogP contribution in [0.4, 0.5) is 17.6 Å². The van der Waals surface area contributed by atoms with Gasteiger partial charge in [-0.2, -0.15) is 0 Å². The Morgan fingerprint density at radius 2 is 1.33 bits per heavy atom. The average molecular weight is 256 g/mol. The second-order valence-corrected chi connectivity index (χ2v) is 3.57. The molecular formula is C13H8F4O. The zero-order valence-electron chi connectivity index (χ0n) is 9.31. The van der Waals surface area contributed by atoms with Crippen molar-refractivity contribution in [3.63, 3.8) is 0 Å². The second kappa shape index (κ2) is 4.68. The third-order valence-corrected chi connectivity index (χ3v) is 2.49. The van der Waals surface area contributed by atoms with Crippen LogP contribution >= 0.6 is 0 Å². The highest BCUT2D eigenvalue weighted by Crippen LogP contribution is 2.30. The highest BCUT2D eigenvalue weighted by atomic mass is 19.2. The molecule has 2 aromatic carbocycles. The van der Waals surface area contributed by atoms with Gasteiger partial charge in [0, 0.05) is 6.07 Å². The molecule has 0 aliphatic heterocycles. The quantitative estimate of drug-likeness (QED) is 0.584. The molecule has 0 saturated heterocycles. The third kappa shape index (κ3) is 2.03. The lowest BCUT2D eigenvalue weighted by molar-refractivity contribution is 0.415. The molecule has 1 nitrogen and oxygen atoms in total. The Bertz CT molecular complexity index is 552. The summed E-state index contributed by atoms with van der Waals surface area (Å²) in [4.78, 5) is 0. The van der Waals surface area contributed by atoms with Crippen LogP contribution in [0.2, 0.25) is 0 Å². The summed E-state index contributed by atoms with van der Waals surface area (Å²) >= 11 is 0. The van der Waals surface area contributed by atoms with Gasteiger partial charge in [0.15, 0.2) is 23.3 Å². The third-order valence-electron chi connectivity index (χ3n) is 2.49. The van der Waals surface area contributed by atoms with Gasteiger partial charge in [-0.05, 0) is 17.7 Å². The Kier molecular flexibility index (Phi) is 3.23. The molecule has 94 valence electrons. The van der Waals surface area contributed by atoms with Gasteiger partial charge in [0.05, 0.1) is 12.7 Å². The monoisotopic (exact) mass is 256 g/mol. The molecule has 0 aliphatic carbocycles. The summed E-state index contributed by atoms with van der Waals surface area (Å²) in [6, 6.07) is 5.70. The van der Waals surface area contributed by atoms with Gasteiger partial charge in [0.2, 0.25) is 0 Å². The van der Waals surface area contributed by atoms with Gasteiger partial charge in [-0.25, -0.2) is 17.6 Å². The molecular weight excluding hydrogens is 248 g/mol. The van der Waals surface area contributed by atoms with Crippen LogP contribution in [0.1, 0.15) is 0 Å². The molecule has 0 atom stereocenters. The number of hydrogen-bond donors (Lipinski definition) is 0. The fraction of sp³-hybridized carbons (Fsp3) is 0.0769. The molecule has 0 aromatic heterocycles. The fourth-order valence-electron chi connectivity index (χ4n) is 1.58. The summed E-state index contributed by atoms with van der Waals surface area (Å²) in [7, 11) is 1.43. The zero-order chi connectivity index (χ0) is 13.3. The van der Waals surface area contributed by atoms with Crippen molar-refractivity contribution in [3.8, 4) is 16.9 Å². The van der Waals surface area contributed by atoms with Crippen molar-refractivity contribution in [2.45, 2.75) is 0 Å². The first kappa shape index (κ1) is 12.4. The molecule has 0 N–H and O–H groups in total. The van der Waals surface area contributed by atoms with E-state index in [1.807, 2.05) is 0 Å². The highest BCUT2D eigenvalue weighted by molar-refractivity contribution is 5.65. The van der Waals surface area contributed by atoms with Gasteiger partial charge < -0.3 is 4.74 Å². The Morgan fingerprint density at radius 3 is 1.78 bits per heavy atom. The molecule has 0 unspecified atom stereocenters. The standard InChI is InChI=1S/C13H8F4O/c1-18-8-4-2-7(3-5-8)11-12(16)9(14)6-10(15)13(11)17/h2-6H,1H3. The maximum absolute atomic E-state index is 13.5. The molecule has 2 aromatic rings. The summed E-state index contributed by atoms with van der Waals surface area (Å²) in [6.45, 7) is 0. The SMILES string of the molecule is COc1ccc(-c2c(F)c(F)cc(F)c2F)cc1. The van der Waals surface area contributed by atoms with Crippen molar-refractivity contribution >= 4 is 0 Å². The summed E-state index contributed by atoms with van der Waals surface area (Å²) < 4.78 is 58.0. The van der Waals surface area contributed by atoms with Crippen LogP contribution in [0.5, 0.6) is 5.75 Å². The van der Waals surface area contributed by atoms with Gasteiger partial charge in [-0.1, -0.05) is 12.1 Å². The van der Waals surface area contributed by atoms with E-state index in [1.54, 1.807) is 0 Å². The number of hydrogen-bond acceptors (Lipinski definition) is 1. The van der Waals surface area contributed by atoms with E-state index in [0.717, 1.165) is 0 Å². The van der Waals surface area contributed by atoms with Crippen molar-refractivity contribution in [2.24, 2.45) is 0 Å². The summed E-state index contributed by atoms with van der Waals surface area (Å²) in [5, 5.41) is 0. The van der Waals surface area contributed by atoms with Crippen LogP contribution in [0.3, 0.4) is 0 Å². The van der Waals surface area contributed by atoms with Crippen molar-refractivity contribution in [1.29, 1.82) is 0 Å². The van der Waals surface area contributed by atoms with Crippen molar-refractivity contribution < 1.29 is 22.3 Å². The minimum absolute atomic E-state index is 0.0317. The van der Waals surface area contributed by atoms with E-state index >= 15 is 0 Å². The molecule has 5 heteroatoms. The molecule has 18 heavy (non-hydrogen) atoms. The van der Waals surface area contributed by atoms with Gasteiger partial charge in [-0.3, -0.25) is 0 Å². The summed E-state index contributed by atoms with van der Waals surface area (Å²) in [5.41, 5.74) is -0.695. The molecule has 0 saturated carbocycles. The van der Waals surface area contributed by atoms with E-state index in [1.165, 1.54) is 31.4 Å². The summed E-state index contributed by atoms with van der Waals surface area (Å²) in [5.74, 6) is -5.23. The maximum Gasteiger partial charge on any atom is 0.169 e. The first-order chi connectivity index (χ1) is 8.54. The summed E-state index contributed by atoms with van der Waals surface area (Å²) in [6.07, 6.45) is 0. The van der Waals surface area contributed by atoms with E-state index in [-0.39, 0.29) is 11.6 Å². The van der Waals surface area contributed by atoms with E-state index < -0.39 is 28.8 Å². The van der Waals surface area contributed by atoms with Crippen molar-refractivity contribution in [1.82, 2.24) is 0 Å². The van der Waals surface area contributed by atoms with E-state index in [4.69, 9.17) is 4.74 Å². The molecule has 0 heterocycles. The average Bonchev–Trinajstić information content (AvgIpc) is 2.37. The smallest absolute Gasteiger partial charge is 0.169 e. The lowest BCUT2D eigenvalue weighted by atomic mass is 10.0. The Labute approximate surface area is 101 Å². The predicted molar refractivity (Wildman–Crippen MR) is 58.3 cm³/mol. The molecule has 0 aliphatic rings. The topological polar surface area (TPSA) is 9.23 Å². The van der Waals surface area contributed by atoms with Gasteiger partial charge in [-0.15, -0.1) is 0 Å². The van der Waals surface area contributed by atoms with E-state index in [0.29, 0.717) is 5.75 Å². The van der Waals surface area contributed by atoms with Gasteiger partial charge in [0.1, 0.15) is 5.75 Å². The minimum Gasteiger partial charge on any atom is -0.497 e. The zero-order valence-corrected chi connectivity index (χ0v) is 9.31. The Balaban J connectivity index is 2.62. The molecule has 0 radical (unpaired) electrons. The van der Waals surface area contributed by atoms with E-state index in [2.05, 4.69) is 0 Å². The highest BCUT2D eigenvalue weighted by Gasteiger charge is 2.20. The number of rotatable bonds is 2. The van der Waals surface area contributed by atoms with Crippen LogP contribution in [0, 0.1) is 23.3 Å². The number of ether oxygens (including phenoxy) is 1. The van der Waals surface area contributed by atoms with Crippen LogP contribution in [-0.2, 0) is 0 Å². The molecule has 0 spiro atoms. The molecule has 0 bridgehead atoms. The van der Waals surface area contributed by atoms with Crippen molar-refractivity contribution in [3.05, 3.63) is 53.6 Å². The first-order valence-corrected chi connectivity index (χ1v) is 5.02. The maximum atomic E-state index is 13.5. The molecule has 0 amide bonds. The lowest BCUT2D eigenvalue weighted by Crippen LogP contribution is -1.98. The second-order valence-electron chi connectivity index (χ2n) is 3.57. The number of halogens is 4. The molecule has 0 fully saturated rings. The minimum atomic E-state index is -1.43. The largest absolute Gasteiger partial charge is 0.497 e. The normalized spacial score (nSPS) is 10.5. The van der Waals surface area contributed by atoms with Gasteiger partial charge in [0.25, 0.3) is 0 Å². The fourth-order valence-corrected chi connectivity index (χ4v) is 1.58. The van der Waals surface area contributed by atoms with Crippen LogP contribution < -0.4 is 4.74 Å². The van der Waals surface area contributed by atoms with Crippen LogP contribution in [-0.4, -0.2) is 7.11 Å². The Hall–Kier alpha value is -2.04. The van der Waals surface area contributed by atoms with Gasteiger partial charge >= 0.3 is 0 Å². The van der Waals surface area contributed by atoms with Crippen LogP contribution in [0.25, 0.3) is 11.1 Å². The lowest BCUT2D eigenvalue weighted by Gasteiger charge is -2.08. The number of benzene rings is 2. The Morgan fingerprint density at radius 1 is 0.833 bits per heavy atom. The number of methoxy groups -OCH3 is 1. The first-order valence-electron chi connectivity index (χ1n) is 5.02. The van der Waals surface area contributed by atoms with E-state index in [9.17, 15) is 17.6 Å². The molecule has 2 rings (SSSR count).